The molecule has 0 spiro atoms. The molecule has 1 saturated heterocycles. The molecule has 0 bridgehead atoms. The van der Waals surface area contributed by atoms with Gasteiger partial charge in [-0.1, -0.05) is 0 Å². The smallest absolute Gasteiger partial charge is 0.132 e. The van der Waals surface area contributed by atoms with E-state index in [2.05, 4.69) is 14.9 Å². The number of morpholine rings is 1. The van der Waals surface area contributed by atoms with Gasteiger partial charge in [0.05, 0.1) is 13.2 Å². The molecule has 2 N–H and O–H groups in total. The normalized spacial score (nSPS) is 18.6. The van der Waals surface area contributed by atoms with Crippen molar-refractivity contribution < 1.29 is 9.84 Å². The molecule has 0 radical (unpaired) electrons. The number of aliphatic hydroxyl groups is 1. The van der Waals surface area contributed by atoms with Crippen molar-refractivity contribution in [3.8, 4) is 0 Å². The Labute approximate surface area is 82.7 Å². The van der Waals surface area contributed by atoms with Gasteiger partial charge in [0.15, 0.2) is 0 Å². The minimum Gasteiger partial charge on any atom is -0.388 e. The summed E-state index contributed by atoms with van der Waals surface area (Å²) >= 11 is 0. The number of hydrogen-bond acceptors (Lipinski definition) is 4. The van der Waals surface area contributed by atoms with Crippen LogP contribution in [0.15, 0.2) is 6.20 Å². The summed E-state index contributed by atoms with van der Waals surface area (Å²) in [7, 11) is 0. The Morgan fingerprint density at radius 1 is 1.50 bits per heavy atom. The van der Waals surface area contributed by atoms with E-state index in [0.29, 0.717) is 5.82 Å². The highest BCUT2D eigenvalue weighted by atomic mass is 16.5. The monoisotopic (exact) mass is 197 g/mol. The summed E-state index contributed by atoms with van der Waals surface area (Å²) in [5, 5.41) is 8.83. The zero-order valence-electron chi connectivity index (χ0n) is 8.07. The van der Waals surface area contributed by atoms with Gasteiger partial charge in [0, 0.05) is 31.5 Å². The van der Waals surface area contributed by atoms with Crippen LogP contribution in [-0.4, -0.2) is 46.3 Å². The largest absolute Gasteiger partial charge is 0.388 e. The standard InChI is InChI=1S/C9H15N3O2/c13-7-9-10-5-8(11-9)6-12-1-3-14-4-2-12/h5,13H,1-4,6-7H2,(H,10,11). The third kappa shape index (κ3) is 2.31. The van der Waals surface area contributed by atoms with Gasteiger partial charge in [-0.3, -0.25) is 4.90 Å². The highest BCUT2D eigenvalue weighted by Crippen LogP contribution is 2.04. The molecule has 0 unspecified atom stereocenters. The van der Waals surface area contributed by atoms with E-state index in [1.807, 2.05) is 0 Å². The predicted molar refractivity (Wildman–Crippen MR) is 50.6 cm³/mol. The molecular weight excluding hydrogens is 182 g/mol. The molecule has 2 rings (SSSR count). The lowest BCUT2D eigenvalue weighted by molar-refractivity contribution is 0.0337. The van der Waals surface area contributed by atoms with Crippen molar-refractivity contribution in [2.45, 2.75) is 13.2 Å². The van der Waals surface area contributed by atoms with Gasteiger partial charge in [-0.15, -0.1) is 0 Å². The molecule has 5 heteroatoms. The zero-order chi connectivity index (χ0) is 9.80. The number of nitrogens with one attached hydrogen (secondary N) is 1. The average molecular weight is 197 g/mol. The van der Waals surface area contributed by atoms with Crippen LogP contribution in [0.1, 0.15) is 11.5 Å². The van der Waals surface area contributed by atoms with E-state index in [0.717, 1.165) is 38.5 Å². The van der Waals surface area contributed by atoms with E-state index < -0.39 is 0 Å². The summed E-state index contributed by atoms with van der Waals surface area (Å²) < 4.78 is 5.26. The van der Waals surface area contributed by atoms with Gasteiger partial charge in [-0.2, -0.15) is 0 Å². The first-order chi connectivity index (χ1) is 6.88. The van der Waals surface area contributed by atoms with Crippen molar-refractivity contribution in [2.75, 3.05) is 26.3 Å². The molecule has 14 heavy (non-hydrogen) atoms. The molecule has 1 aliphatic heterocycles. The summed E-state index contributed by atoms with van der Waals surface area (Å²) in [6.45, 7) is 4.38. The summed E-state index contributed by atoms with van der Waals surface area (Å²) in [6.07, 6.45) is 1.78. The maximum Gasteiger partial charge on any atom is 0.132 e. The SMILES string of the molecule is OCc1ncc(CN2CCOCC2)[nH]1. The van der Waals surface area contributed by atoms with Crippen molar-refractivity contribution in [3.63, 3.8) is 0 Å². The van der Waals surface area contributed by atoms with Crippen LogP contribution < -0.4 is 0 Å². The average Bonchev–Trinajstić information content (AvgIpc) is 2.67. The van der Waals surface area contributed by atoms with Crippen molar-refractivity contribution >= 4 is 0 Å². The van der Waals surface area contributed by atoms with Crippen molar-refractivity contribution in [2.24, 2.45) is 0 Å². The molecule has 0 aliphatic carbocycles. The van der Waals surface area contributed by atoms with Crippen LogP contribution in [0.25, 0.3) is 0 Å². The second-order valence-corrected chi connectivity index (χ2v) is 3.40. The number of aromatic amines is 1. The lowest BCUT2D eigenvalue weighted by Crippen LogP contribution is -2.35. The van der Waals surface area contributed by atoms with Gasteiger partial charge < -0.3 is 14.8 Å². The van der Waals surface area contributed by atoms with E-state index in [1.165, 1.54) is 0 Å². The summed E-state index contributed by atoms with van der Waals surface area (Å²) in [6, 6.07) is 0. The molecule has 5 nitrogen and oxygen atoms in total. The number of imidazole rings is 1. The van der Waals surface area contributed by atoms with Crippen LogP contribution in [0.3, 0.4) is 0 Å². The topological polar surface area (TPSA) is 61.4 Å². The molecular formula is C9H15N3O2. The lowest BCUT2D eigenvalue weighted by atomic mass is 10.3. The van der Waals surface area contributed by atoms with E-state index in [-0.39, 0.29) is 6.61 Å². The molecule has 0 atom stereocenters. The summed E-state index contributed by atoms with van der Waals surface area (Å²) in [4.78, 5) is 9.41. The number of ether oxygens (including phenoxy) is 1. The molecule has 1 fully saturated rings. The molecule has 1 aliphatic rings. The quantitative estimate of drug-likeness (QED) is 0.700. The van der Waals surface area contributed by atoms with Crippen LogP contribution in [0, 0.1) is 0 Å². The molecule has 1 aromatic rings. The number of aliphatic hydroxyl groups excluding tert-OH is 1. The fraction of sp³-hybridized carbons (Fsp3) is 0.667. The van der Waals surface area contributed by atoms with Gasteiger partial charge in [-0.05, 0) is 0 Å². The van der Waals surface area contributed by atoms with Crippen LogP contribution in [0.4, 0.5) is 0 Å². The van der Waals surface area contributed by atoms with Gasteiger partial charge in [0.25, 0.3) is 0 Å². The van der Waals surface area contributed by atoms with Gasteiger partial charge in [-0.25, -0.2) is 4.98 Å². The first-order valence-electron chi connectivity index (χ1n) is 4.82. The molecule has 2 heterocycles. The number of H-pyrrole nitrogens is 1. The molecule has 1 aromatic heterocycles. The summed E-state index contributed by atoms with van der Waals surface area (Å²) in [5.74, 6) is 0.633. The highest BCUT2D eigenvalue weighted by molar-refractivity contribution is 5.00. The van der Waals surface area contributed by atoms with Crippen LogP contribution >= 0.6 is 0 Å². The van der Waals surface area contributed by atoms with E-state index in [1.54, 1.807) is 6.20 Å². The van der Waals surface area contributed by atoms with Crippen LogP contribution in [-0.2, 0) is 17.9 Å². The zero-order valence-corrected chi connectivity index (χ0v) is 8.07. The molecule has 0 aromatic carbocycles. The first-order valence-corrected chi connectivity index (χ1v) is 4.82. The first kappa shape index (κ1) is 9.64. The summed E-state index contributed by atoms with van der Waals surface area (Å²) in [5.41, 5.74) is 1.05. The van der Waals surface area contributed by atoms with Gasteiger partial charge in [0.1, 0.15) is 12.4 Å². The Morgan fingerprint density at radius 3 is 2.93 bits per heavy atom. The van der Waals surface area contributed by atoms with Crippen LogP contribution in [0.2, 0.25) is 0 Å². The number of hydrogen-bond donors (Lipinski definition) is 2. The fourth-order valence-corrected chi connectivity index (χ4v) is 1.57. The minimum atomic E-state index is -0.0247. The predicted octanol–water partition coefficient (Wildman–Crippen LogP) is -0.266. The Kier molecular flexibility index (Phi) is 3.13. The molecule has 0 amide bonds. The Hall–Kier alpha value is -0.910. The number of rotatable bonds is 3. The third-order valence-electron chi connectivity index (χ3n) is 2.33. The maximum absolute atomic E-state index is 8.83. The van der Waals surface area contributed by atoms with E-state index >= 15 is 0 Å². The second-order valence-electron chi connectivity index (χ2n) is 3.40. The molecule has 78 valence electrons. The Balaban J connectivity index is 1.89. The van der Waals surface area contributed by atoms with Crippen molar-refractivity contribution in [3.05, 3.63) is 17.7 Å². The third-order valence-corrected chi connectivity index (χ3v) is 2.33. The van der Waals surface area contributed by atoms with Crippen LogP contribution in [0.5, 0.6) is 0 Å². The lowest BCUT2D eigenvalue weighted by Gasteiger charge is -2.25. The fourth-order valence-electron chi connectivity index (χ4n) is 1.57. The van der Waals surface area contributed by atoms with Gasteiger partial charge in [0.2, 0.25) is 0 Å². The highest BCUT2D eigenvalue weighted by Gasteiger charge is 2.11. The maximum atomic E-state index is 8.83. The van der Waals surface area contributed by atoms with Gasteiger partial charge >= 0.3 is 0 Å². The second kappa shape index (κ2) is 4.54. The number of aromatic nitrogens is 2. The minimum absolute atomic E-state index is 0.0247. The van der Waals surface area contributed by atoms with E-state index in [4.69, 9.17) is 9.84 Å². The Bertz CT molecular complexity index is 281. The molecule has 0 saturated carbocycles. The number of nitrogens with zero attached hydrogens (tertiary/aromatic N) is 2. The van der Waals surface area contributed by atoms with Crippen molar-refractivity contribution in [1.82, 2.24) is 14.9 Å². The van der Waals surface area contributed by atoms with Crippen molar-refractivity contribution in [1.29, 1.82) is 0 Å². The Morgan fingerprint density at radius 2 is 2.29 bits per heavy atom. The van der Waals surface area contributed by atoms with E-state index in [9.17, 15) is 0 Å².